The largest absolute Gasteiger partial charge is 0.453 e. The van der Waals surface area contributed by atoms with E-state index >= 15 is 0 Å². The molecule has 2 atom stereocenters. The van der Waals surface area contributed by atoms with Crippen LogP contribution in [0, 0.1) is 0 Å². The first-order valence-electron chi connectivity index (χ1n) is 3.42. The Hall–Kier alpha value is -0.620. The zero-order valence-electron chi connectivity index (χ0n) is 6.02. The quantitative estimate of drug-likeness (QED) is 0.578. The number of hydrogen-bond acceptors (Lipinski definition) is 6. The Bertz CT molecular complexity index is 206. The minimum absolute atomic E-state index is 0.168. The summed E-state index contributed by atoms with van der Waals surface area (Å²) in [6.07, 6.45) is -0.365. The van der Waals surface area contributed by atoms with Gasteiger partial charge in [0.15, 0.2) is 12.2 Å². The van der Waals surface area contributed by atoms with E-state index in [-0.39, 0.29) is 22.7 Å². The average Bonchev–Trinajstić information content (AvgIpc) is 2.58. The van der Waals surface area contributed by atoms with Crippen molar-refractivity contribution < 1.29 is 18.9 Å². The molecule has 0 aliphatic carbocycles. The minimum Gasteiger partial charge on any atom is -0.453 e. The molecule has 0 unspecified atom stereocenters. The molecule has 2 saturated heterocycles. The van der Waals surface area contributed by atoms with Gasteiger partial charge in [-0.2, -0.15) is 0 Å². The summed E-state index contributed by atoms with van der Waals surface area (Å²) in [5.41, 5.74) is 0. The van der Waals surface area contributed by atoms with E-state index in [0.29, 0.717) is 13.2 Å². The van der Waals surface area contributed by atoms with Gasteiger partial charge in [0.1, 0.15) is 13.2 Å². The van der Waals surface area contributed by atoms with Crippen molar-refractivity contribution in [1.29, 1.82) is 0 Å². The highest BCUT2D eigenvalue weighted by atomic mass is 32.1. The van der Waals surface area contributed by atoms with Crippen molar-refractivity contribution in [2.24, 2.45) is 0 Å². The van der Waals surface area contributed by atoms with Gasteiger partial charge in [-0.15, -0.1) is 0 Å². The molecule has 2 heterocycles. The Morgan fingerprint density at radius 1 is 0.917 bits per heavy atom. The number of thiocarbonyl (C=S) groups is 2. The second-order valence-electron chi connectivity index (χ2n) is 2.43. The van der Waals surface area contributed by atoms with Crippen molar-refractivity contribution in [1.82, 2.24) is 0 Å². The van der Waals surface area contributed by atoms with Crippen LogP contribution in [-0.2, 0) is 18.9 Å². The maximum atomic E-state index is 5.14. The van der Waals surface area contributed by atoms with Gasteiger partial charge in [-0.25, -0.2) is 0 Å². The Morgan fingerprint density at radius 3 is 1.58 bits per heavy atom. The SMILES string of the molecule is S=C1OC[C@@H]([C@H]2COC(=S)O2)O1. The summed E-state index contributed by atoms with van der Waals surface area (Å²) in [4.78, 5) is 0. The third-order valence-electron chi connectivity index (χ3n) is 1.64. The Balaban J connectivity index is 1.93. The fraction of sp³-hybridized carbons (Fsp3) is 0.667. The maximum Gasteiger partial charge on any atom is 0.352 e. The second kappa shape index (κ2) is 3.02. The molecule has 0 aromatic heterocycles. The summed E-state index contributed by atoms with van der Waals surface area (Å²) in [7, 11) is 0. The van der Waals surface area contributed by atoms with Gasteiger partial charge in [0.2, 0.25) is 0 Å². The molecule has 12 heavy (non-hydrogen) atoms. The molecule has 0 saturated carbocycles. The Kier molecular flexibility index (Phi) is 2.02. The maximum absolute atomic E-state index is 5.14. The van der Waals surface area contributed by atoms with Crippen molar-refractivity contribution in [3.63, 3.8) is 0 Å². The van der Waals surface area contributed by atoms with Gasteiger partial charge in [-0.1, -0.05) is 0 Å². The zero-order chi connectivity index (χ0) is 8.55. The van der Waals surface area contributed by atoms with E-state index in [0.717, 1.165) is 0 Å². The van der Waals surface area contributed by atoms with Crippen LogP contribution in [0.2, 0.25) is 0 Å². The van der Waals surface area contributed by atoms with Crippen molar-refractivity contribution >= 4 is 34.9 Å². The predicted molar refractivity (Wildman–Crippen MR) is 46.8 cm³/mol. The van der Waals surface area contributed by atoms with Gasteiger partial charge in [-0.05, 0) is 0 Å². The molecule has 4 nitrogen and oxygen atoms in total. The van der Waals surface area contributed by atoms with Crippen LogP contribution < -0.4 is 0 Å². The molecule has 2 aliphatic rings. The summed E-state index contributed by atoms with van der Waals surface area (Å²) in [6, 6.07) is 0. The lowest BCUT2D eigenvalue weighted by molar-refractivity contribution is 0.0768. The van der Waals surface area contributed by atoms with E-state index in [1.165, 1.54) is 0 Å². The lowest BCUT2D eigenvalue weighted by Gasteiger charge is -2.10. The van der Waals surface area contributed by atoms with Crippen LogP contribution in [0.1, 0.15) is 0 Å². The molecule has 0 spiro atoms. The van der Waals surface area contributed by atoms with Crippen LogP contribution in [0.5, 0.6) is 0 Å². The Labute approximate surface area is 79.7 Å². The van der Waals surface area contributed by atoms with Crippen LogP contribution in [0.3, 0.4) is 0 Å². The fourth-order valence-electron chi connectivity index (χ4n) is 1.05. The fourth-order valence-corrected chi connectivity index (χ4v) is 1.43. The molecule has 0 aromatic carbocycles. The molecule has 0 aromatic rings. The molecule has 0 N–H and O–H groups in total. The topological polar surface area (TPSA) is 36.9 Å². The van der Waals surface area contributed by atoms with Gasteiger partial charge in [0.25, 0.3) is 0 Å². The van der Waals surface area contributed by atoms with Crippen molar-refractivity contribution in [3.05, 3.63) is 0 Å². The normalized spacial score (nSPS) is 33.7. The average molecular weight is 206 g/mol. The first-order valence-corrected chi connectivity index (χ1v) is 4.24. The molecular formula is C6H6O4S2. The summed E-state index contributed by atoms with van der Waals surface area (Å²) in [6.45, 7) is 0.824. The first kappa shape index (κ1) is 8.00. The number of rotatable bonds is 1. The number of ether oxygens (including phenoxy) is 4. The van der Waals surface area contributed by atoms with E-state index in [4.69, 9.17) is 18.9 Å². The van der Waals surface area contributed by atoms with E-state index in [1.807, 2.05) is 0 Å². The van der Waals surface area contributed by atoms with Crippen molar-refractivity contribution in [2.45, 2.75) is 12.2 Å². The van der Waals surface area contributed by atoms with E-state index in [9.17, 15) is 0 Å². The minimum atomic E-state index is -0.182. The van der Waals surface area contributed by atoms with Gasteiger partial charge in [0.05, 0.1) is 0 Å². The van der Waals surface area contributed by atoms with Crippen LogP contribution in [0.25, 0.3) is 0 Å². The molecular weight excluding hydrogens is 200 g/mol. The lowest BCUT2D eigenvalue weighted by Crippen LogP contribution is -2.30. The molecule has 2 fully saturated rings. The third-order valence-corrected chi connectivity index (χ3v) is 2.07. The van der Waals surface area contributed by atoms with E-state index in [2.05, 4.69) is 24.4 Å². The highest BCUT2D eigenvalue weighted by Crippen LogP contribution is 2.18. The summed E-state index contributed by atoms with van der Waals surface area (Å²) in [5, 5.41) is 0.336. The smallest absolute Gasteiger partial charge is 0.352 e. The van der Waals surface area contributed by atoms with Gasteiger partial charge >= 0.3 is 10.5 Å². The van der Waals surface area contributed by atoms with Crippen molar-refractivity contribution in [2.75, 3.05) is 13.2 Å². The van der Waals surface area contributed by atoms with Crippen molar-refractivity contribution in [3.8, 4) is 0 Å². The molecule has 0 radical (unpaired) electrons. The van der Waals surface area contributed by atoms with Gasteiger partial charge < -0.3 is 18.9 Å². The molecule has 2 aliphatic heterocycles. The monoisotopic (exact) mass is 206 g/mol. The van der Waals surface area contributed by atoms with Crippen LogP contribution >= 0.6 is 24.4 Å². The first-order chi connectivity index (χ1) is 5.75. The lowest BCUT2D eigenvalue weighted by atomic mass is 10.2. The second-order valence-corrected chi connectivity index (χ2v) is 3.10. The molecule has 0 bridgehead atoms. The van der Waals surface area contributed by atoms with E-state index in [1.54, 1.807) is 0 Å². The van der Waals surface area contributed by atoms with Gasteiger partial charge in [0, 0.05) is 24.4 Å². The van der Waals surface area contributed by atoms with E-state index < -0.39 is 0 Å². The summed E-state index contributed by atoms with van der Waals surface area (Å²) < 4.78 is 20.2. The summed E-state index contributed by atoms with van der Waals surface area (Å²) in [5.74, 6) is 0. The predicted octanol–water partition coefficient (Wildman–Crippen LogP) is 0.387. The van der Waals surface area contributed by atoms with Crippen LogP contribution in [0.15, 0.2) is 0 Å². The third kappa shape index (κ3) is 1.44. The number of hydrogen-bond donors (Lipinski definition) is 0. The highest BCUT2D eigenvalue weighted by Gasteiger charge is 2.37. The molecule has 2 rings (SSSR count). The Morgan fingerprint density at radius 2 is 1.33 bits per heavy atom. The molecule has 0 amide bonds. The van der Waals surface area contributed by atoms with Crippen LogP contribution in [0.4, 0.5) is 0 Å². The van der Waals surface area contributed by atoms with Crippen LogP contribution in [-0.4, -0.2) is 35.9 Å². The van der Waals surface area contributed by atoms with Gasteiger partial charge in [-0.3, -0.25) is 0 Å². The standard InChI is InChI=1S/C6H6O4S2/c11-5-7-1-3(9-5)4-2-8-6(12)10-4/h3-4H,1-2H2/t3-,4+. The molecule has 6 heteroatoms. The summed E-state index contributed by atoms with van der Waals surface area (Å²) >= 11 is 9.37. The zero-order valence-corrected chi connectivity index (χ0v) is 7.65. The molecule has 66 valence electrons. The highest BCUT2D eigenvalue weighted by molar-refractivity contribution is 7.80.